The molecule has 1 unspecified atom stereocenters. The number of hydrogen-bond donors (Lipinski definition) is 0. The van der Waals surface area contributed by atoms with Crippen molar-refractivity contribution in [2.24, 2.45) is 0 Å². The van der Waals surface area contributed by atoms with Crippen molar-refractivity contribution < 1.29 is 28.6 Å². The minimum atomic E-state index is -0.767. The normalized spacial score (nSPS) is 12.0. The molecule has 83 heavy (non-hydrogen) atoms. The van der Waals surface area contributed by atoms with Gasteiger partial charge in [0.25, 0.3) is 0 Å². The first-order chi connectivity index (χ1) is 41.0. The van der Waals surface area contributed by atoms with E-state index in [1.165, 1.54) is 347 Å². The number of unbranched alkanes of at least 4 members (excludes halogenated alkanes) is 59. The van der Waals surface area contributed by atoms with Crippen LogP contribution < -0.4 is 0 Å². The number of hydrogen-bond acceptors (Lipinski definition) is 6. The first-order valence-electron chi connectivity index (χ1n) is 38.2. The molecule has 0 bridgehead atoms. The Labute approximate surface area is 520 Å². The largest absolute Gasteiger partial charge is 0.462 e. The van der Waals surface area contributed by atoms with E-state index in [2.05, 4.69) is 32.9 Å². The van der Waals surface area contributed by atoms with Gasteiger partial charge < -0.3 is 14.2 Å². The van der Waals surface area contributed by atoms with E-state index in [0.29, 0.717) is 19.3 Å². The van der Waals surface area contributed by atoms with Gasteiger partial charge in [-0.3, -0.25) is 14.4 Å². The van der Waals surface area contributed by atoms with Crippen molar-refractivity contribution in [3.8, 4) is 0 Å². The van der Waals surface area contributed by atoms with Crippen LogP contribution >= 0.6 is 0 Å². The number of rotatable bonds is 72. The number of esters is 3. The third-order valence-electron chi connectivity index (χ3n) is 17.8. The molecular formula is C77H148O6. The quantitative estimate of drug-likeness (QED) is 0.0261. The third kappa shape index (κ3) is 70.8. The summed E-state index contributed by atoms with van der Waals surface area (Å²) in [5, 5.41) is 0. The van der Waals surface area contributed by atoms with Crippen LogP contribution in [0.3, 0.4) is 0 Å². The van der Waals surface area contributed by atoms with Crippen molar-refractivity contribution in [1.29, 1.82) is 0 Å². The van der Waals surface area contributed by atoms with Crippen LogP contribution in [0.1, 0.15) is 445 Å². The van der Waals surface area contributed by atoms with E-state index in [4.69, 9.17) is 14.2 Å². The summed E-state index contributed by atoms with van der Waals surface area (Å²) in [5.74, 6) is -0.820. The van der Waals surface area contributed by atoms with Gasteiger partial charge >= 0.3 is 17.9 Å². The van der Waals surface area contributed by atoms with Gasteiger partial charge in [0, 0.05) is 19.3 Å². The summed E-state index contributed by atoms with van der Waals surface area (Å²) in [6.45, 7) is 6.75. The lowest BCUT2D eigenvalue weighted by Gasteiger charge is -2.18. The van der Waals surface area contributed by atoms with E-state index in [1.54, 1.807) is 0 Å². The first-order valence-corrected chi connectivity index (χ1v) is 38.2. The minimum Gasteiger partial charge on any atom is -0.462 e. The van der Waals surface area contributed by atoms with Crippen molar-refractivity contribution in [2.75, 3.05) is 13.2 Å². The third-order valence-corrected chi connectivity index (χ3v) is 17.8. The second kappa shape index (κ2) is 72.6. The minimum absolute atomic E-state index is 0.0620. The molecule has 6 heteroatoms. The maximum atomic E-state index is 13.0. The van der Waals surface area contributed by atoms with Gasteiger partial charge in [-0.05, 0) is 44.9 Å². The second-order valence-electron chi connectivity index (χ2n) is 26.3. The highest BCUT2D eigenvalue weighted by molar-refractivity contribution is 5.71. The molecule has 0 spiro atoms. The van der Waals surface area contributed by atoms with Crippen molar-refractivity contribution in [1.82, 2.24) is 0 Å². The van der Waals surface area contributed by atoms with E-state index < -0.39 is 6.10 Å². The molecule has 0 saturated heterocycles. The molecule has 6 nitrogen and oxygen atoms in total. The highest BCUT2D eigenvalue weighted by atomic mass is 16.6. The summed E-state index contributed by atoms with van der Waals surface area (Å²) in [5.41, 5.74) is 0. The standard InChI is InChI=1S/C77H148O6/c1-4-7-10-13-16-19-22-25-28-31-33-35-37-39-41-42-44-46-49-52-55-58-61-64-67-70-76(79)82-73-74(72-81-75(78)69-66-63-60-57-54-51-48-30-27-24-21-18-15-12-9-6-3)83-77(80)71-68-65-62-59-56-53-50-47-45-43-40-38-36-34-32-29-26-23-20-17-14-11-8-5-2/h31,33,74H,4-30,32,34-73H2,1-3H3/b33-31-. The zero-order valence-electron chi connectivity index (χ0n) is 56.8. The molecule has 0 aromatic rings. The first kappa shape index (κ1) is 81.2. The predicted octanol–water partition coefficient (Wildman–Crippen LogP) is 26.3. The van der Waals surface area contributed by atoms with Crippen LogP contribution in [-0.4, -0.2) is 37.2 Å². The summed E-state index contributed by atoms with van der Waals surface area (Å²) in [6.07, 6.45) is 88.3. The smallest absolute Gasteiger partial charge is 0.306 e. The Kier molecular flexibility index (Phi) is 71.0. The predicted molar refractivity (Wildman–Crippen MR) is 363 cm³/mol. The van der Waals surface area contributed by atoms with Gasteiger partial charge in [-0.15, -0.1) is 0 Å². The van der Waals surface area contributed by atoms with Crippen LogP contribution in [-0.2, 0) is 28.6 Å². The molecule has 0 saturated carbocycles. The summed E-state index contributed by atoms with van der Waals surface area (Å²) in [7, 11) is 0. The van der Waals surface area contributed by atoms with Gasteiger partial charge in [0.1, 0.15) is 13.2 Å². The summed E-state index contributed by atoms with van der Waals surface area (Å²) >= 11 is 0. The SMILES string of the molecule is CCCCCCCCCC/C=C\CCCCCCCCCCCCCCCC(=O)OCC(COC(=O)CCCCCCCCCCCCCCCCCC)OC(=O)CCCCCCCCCCCCCCCCCCCCCCCCCC. The Morgan fingerprint density at radius 1 is 0.229 bits per heavy atom. The fourth-order valence-corrected chi connectivity index (χ4v) is 12.0. The van der Waals surface area contributed by atoms with Gasteiger partial charge in [0.05, 0.1) is 0 Å². The number of allylic oxidation sites excluding steroid dienone is 2. The zero-order valence-corrected chi connectivity index (χ0v) is 56.8. The highest BCUT2D eigenvalue weighted by Gasteiger charge is 2.20. The summed E-state index contributed by atoms with van der Waals surface area (Å²) in [6, 6.07) is 0. The van der Waals surface area contributed by atoms with Crippen molar-refractivity contribution in [3.05, 3.63) is 12.2 Å². The molecule has 1 atom stereocenters. The van der Waals surface area contributed by atoms with E-state index in [9.17, 15) is 14.4 Å². The van der Waals surface area contributed by atoms with Crippen LogP contribution in [0.25, 0.3) is 0 Å². The van der Waals surface area contributed by atoms with Gasteiger partial charge in [-0.2, -0.15) is 0 Å². The van der Waals surface area contributed by atoms with Crippen molar-refractivity contribution >= 4 is 17.9 Å². The molecular weight excluding hydrogens is 1020 g/mol. The van der Waals surface area contributed by atoms with Crippen molar-refractivity contribution in [3.63, 3.8) is 0 Å². The topological polar surface area (TPSA) is 78.9 Å². The molecule has 0 aliphatic carbocycles. The summed E-state index contributed by atoms with van der Waals surface area (Å²) in [4.78, 5) is 38.6. The Morgan fingerprint density at radius 2 is 0.398 bits per heavy atom. The van der Waals surface area contributed by atoms with Crippen molar-refractivity contribution in [2.45, 2.75) is 451 Å². The fraction of sp³-hybridized carbons (Fsp3) is 0.935. The second-order valence-corrected chi connectivity index (χ2v) is 26.3. The molecule has 0 N–H and O–H groups in total. The lowest BCUT2D eigenvalue weighted by Crippen LogP contribution is -2.30. The Balaban J connectivity index is 4.23. The van der Waals surface area contributed by atoms with E-state index >= 15 is 0 Å². The van der Waals surface area contributed by atoms with Crippen LogP contribution in [0.2, 0.25) is 0 Å². The molecule has 492 valence electrons. The Bertz CT molecular complexity index is 1300. The van der Waals surface area contributed by atoms with Crippen LogP contribution in [0, 0.1) is 0 Å². The summed E-state index contributed by atoms with van der Waals surface area (Å²) < 4.78 is 17.1. The van der Waals surface area contributed by atoms with E-state index in [1.807, 2.05) is 0 Å². The molecule has 0 aliphatic rings. The lowest BCUT2D eigenvalue weighted by molar-refractivity contribution is -0.167. The average molecular weight is 1170 g/mol. The molecule has 0 fully saturated rings. The molecule has 0 aliphatic heterocycles. The highest BCUT2D eigenvalue weighted by Crippen LogP contribution is 2.20. The lowest BCUT2D eigenvalue weighted by atomic mass is 10.0. The van der Waals surface area contributed by atoms with Gasteiger partial charge in [-0.25, -0.2) is 0 Å². The zero-order chi connectivity index (χ0) is 59.9. The molecule has 0 amide bonds. The molecule has 0 aromatic carbocycles. The number of ether oxygens (including phenoxy) is 3. The maximum Gasteiger partial charge on any atom is 0.306 e. The molecule has 0 aromatic heterocycles. The van der Waals surface area contributed by atoms with Crippen LogP contribution in [0.4, 0.5) is 0 Å². The van der Waals surface area contributed by atoms with Gasteiger partial charge in [0.2, 0.25) is 0 Å². The number of carbonyl (C=O) groups is 3. The average Bonchev–Trinajstić information content (AvgIpc) is 3.50. The number of carbonyl (C=O) groups excluding carboxylic acids is 3. The maximum absolute atomic E-state index is 13.0. The van der Waals surface area contributed by atoms with Gasteiger partial charge in [-0.1, -0.05) is 392 Å². The molecule has 0 rings (SSSR count). The van der Waals surface area contributed by atoms with Gasteiger partial charge in [0.15, 0.2) is 6.10 Å². The molecule has 0 radical (unpaired) electrons. The van der Waals surface area contributed by atoms with Crippen LogP contribution in [0.5, 0.6) is 0 Å². The molecule has 0 heterocycles. The van der Waals surface area contributed by atoms with E-state index in [0.717, 1.165) is 57.8 Å². The van der Waals surface area contributed by atoms with Crippen LogP contribution in [0.15, 0.2) is 12.2 Å². The Hall–Kier alpha value is -1.85. The van der Waals surface area contributed by atoms with E-state index in [-0.39, 0.29) is 31.1 Å². The monoisotopic (exact) mass is 1170 g/mol. The fourth-order valence-electron chi connectivity index (χ4n) is 12.0. The Morgan fingerprint density at radius 3 is 0.602 bits per heavy atom.